The van der Waals surface area contributed by atoms with Crippen LogP contribution in [0.25, 0.3) is 27.6 Å². The minimum Gasteiger partial charge on any atom is -0.509 e. The average Bonchev–Trinajstić information content (AvgIpc) is 3.84. The quantitative estimate of drug-likeness (QED) is 0.158. The maximum absolute atomic E-state index is 6.58. The predicted octanol–water partition coefficient (Wildman–Crippen LogP) is 12.9. The van der Waals surface area contributed by atoms with Crippen molar-refractivity contribution in [3.8, 4) is 40.3 Å². The van der Waals surface area contributed by atoms with Crippen molar-refractivity contribution in [2.24, 2.45) is 0 Å². The summed E-state index contributed by atoms with van der Waals surface area (Å²) in [5.41, 5.74) is 7.94. The molecule has 12 rings (SSSR count). The first-order valence-electron chi connectivity index (χ1n) is 18.8. The monoisotopic (exact) mass is 953 g/mol. The SMILES string of the molecule is CC(C)(C)c1ccnc(-n2c3[c-]c(Oc4[c-]c(N5C=CN(c6cc7c8c(c6)Oc6cccc9c6N8c6c(cccc6S9)O7)[CH-]5)ccc4)ccc3c3ccccc32)c1.[Pt]. The van der Waals surface area contributed by atoms with Crippen LogP contribution in [0, 0.1) is 18.8 Å². The third-order valence-electron chi connectivity index (χ3n) is 10.9. The number of rotatable bonds is 5. The molecule has 10 heteroatoms. The number of benzene rings is 6. The number of hydrogen-bond donors (Lipinski definition) is 0. The molecule has 0 amide bonds. The van der Waals surface area contributed by atoms with E-state index in [2.05, 4.69) is 126 Å². The van der Waals surface area contributed by atoms with Gasteiger partial charge in [-0.15, -0.1) is 48.1 Å². The van der Waals surface area contributed by atoms with Crippen LogP contribution >= 0.6 is 11.8 Å². The van der Waals surface area contributed by atoms with Gasteiger partial charge in [-0.25, -0.2) is 4.98 Å². The standard InChI is InChI=1S/C48H32N5O3S.Pt/c1-48(2,3)29-19-20-49-44(23-29)52-36-12-5-4-11-34(36)35-18-17-33(27-37(35)52)54-32-10-6-9-30(24-32)50-21-22-51(28-50)31-25-40-45-41(26-31)56-39-14-8-16-43-47(39)53(45)46-38(55-40)13-7-15-42(46)57-43;/h4-23,25-26,28H,1-3H3;/q-3;. The molecule has 8 aromatic rings. The summed E-state index contributed by atoms with van der Waals surface area (Å²) in [7, 11) is 0. The van der Waals surface area contributed by atoms with Gasteiger partial charge in [0, 0.05) is 71.9 Å². The Hall–Kier alpha value is -6.15. The van der Waals surface area contributed by atoms with Crippen LogP contribution in [-0.4, -0.2) is 9.55 Å². The third-order valence-corrected chi connectivity index (χ3v) is 12.0. The zero-order valence-corrected chi connectivity index (χ0v) is 34.6. The van der Waals surface area contributed by atoms with E-state index in [0.717, 1.165) is 88.8 Å². The fourth-order valence-corrected chi connectivity index (χ4v) is 9.26. The van der Waals surface area contributed by atoms with Gasteiger partial charge in [-0.05, 0) is 71.2 Å². The van der Waals surface area contributed by atoms with Gasteiger partial charge in [0.1, 0.15) is 22.9 Å². The Balaban J connectivity index is 0.00000385. The molecule has 0 radical (unpaired) electrons. The minimum atomic E-state index is -0.0182. The second kappa shape index (κ2) is 12.9. The van der Waals surface area contributed by atoms with Crippen molar-refractivity contribution >= 4 is 62.0 Å². The molecule has 2 aromatic heterocycles. The van der Waals surface area contributed by atoms with Crippen LogP contribution in [0.1, 0.15) is 26.3 Å². The summed E-state index contributed by atoms with van der Waals surface area (Å²) >= 11 is 1.75. The van der Waals surface area contributed by atoms with Gasteiger partial charge in [0.05, 0.1) is 0 Å². The largest absolute Gasteiger partial charge is 0.509 e. The summed E-state index contributed by atoms with van der Waals surface area (Å²) in [5.74, 6) is 5.16. The molecule has 8 nitrogen and oxygen atoms in total. The molecule has 0 unspecified atom stereocenters. The number of pyridine rings is 1. The first-order chi connectivity index (χ1) is 27.8. The first-order valence-corrected chi connectivity index (χ1v) is 19.7. The third kappa shape index (κ3) is 5.37. The zero-order valence-electron chi connectivity index (χ0n) is 31.5. The molecule has 0 spiro atoms. The summed E-state index contributed by atoms with van der Waals surface area (Å²) in [6, 6.07) is 46.3. The van der Waals surface area contributed by atoms with Crippen molar-refractivity contribution in [3.63, 3.8) is 0 Å². The number of aromatic nitrogens is 2. The number of fused-ring (bicyclic) bond motifs is 3. The van der Waals surface area contributed by atoms with E-state index in [-0.39, 0.29) is 26.5 Å². The maximum Gasteiger partial charge on any atom is 0.157 e. The second-order valence-electron chi connectivity index (χ2n) is 15.5. The van der Waals surface area contributed by atoms with Crippen LogP contribution in [0.3, 0.4) is 0 Å². The smallest absolute Gasteiger partial charge is 0.157 e. The van der Waals surface area contributed by atoms with Crippen molar-refractivity contribution in [2.45, 2.75) is 36.0 Å². The summed E-state index contributed by atoms with van der Waals surface area (Å²) in [4.78, 5) is 13.5. The summed E-state index contributed by atoms with van der Waals surface area (Å²) in [5, 5.41) is 2.22. The fraction of sp³-hybridized carbons (Fsp3) is 0.0833. The number of hydrogen-bond acceptors (Lipinski definition) is 8. The summed E-state index contributed by atoms with van der Waals surface area (Å²) in [6.45, 7) is 8.67. The molecule has 6 aromatic carbocycles. The number of anilines is 5. The van der Waals surface area contributed by atoms with Gasteiger partial charge in [0.15, 0.2) is 23.0 Å². The summed E-state index contributed by atoms with van der Waals surface area (Å²) in [6.07, 6.45) is 5.91. The van der Waals surface area contributed by atoms with Gasteiger partial charge in [0.2, 0.25) is 0 Å². The topological polar surface area (TPSA) is 55.2 Å². The van der Waals surface area contributed by atoms with Crippen LogP contribution in [0.2, 0.25) is 0 Å². The van der Waals surface area contributed by atoms with Gasteiger partial charge in [-0.3, -0.25) is 4.90 Å². The van der Waals surface area contributed by atoms with Crippen LogP contribution in [0.15, 0.2) is 144 Å². The molecular formula is C48H32N5O3PtS-3. The van der Waals surface area contributed by atoms with E-state index in [1.54, 1.807) is 11.8 Å². The molecule has 58 heavy (non-hydrogen) atoms. The molecular weight excluding hydrogens is 922 g/mol. The summed E-state index contributed by atoms with van der Waals surface area (Å²) < 4.78 is 21.8. The van der Waals surface area contributed by atoms with E-state index >= 15 is 0 Å². The van der Waals surface area contributed by atoms with Crippen molar-refractivity contribution < 1.29 is 35.3 Å². The molecule has 0 fully saturated rings. The Bertz CT molecular complexity index is 2970. The van der Waals surface area contributed by atoms with Crippen molar-refractivity contribution in [1.82, 2.24) is 9.55 Å². The number of ether oxygens (including phenoxy) is 3. The van der Waals surface area contributed by atoms with E-state index in [1.165, 1.54) is 5.56 Å². The van der Waals surface area contributed by atoms with Crippen molar-refractivity contribution in [3.05, 3.63) is 158 Å². The van der Waals surface area contributed by atoms with E-state index in [9.17, 15) is 0 Å². The van der Waals surface area contributed by atoms with Gasteiger partial charge in [-0.2, -0.15) is 12.1 Å². The maximum atomic E-state index is 6.58. The van der Waals surface area contributed by atoms with Gasteiger partial charge < -0.3 is 28.6 Å². The van der Waals surface area contributed by atoms with Crippen molar-refractivity contribution in [2.75, 3.05) is 14.7 Å². The Morgan fingerprint density at radius 1 is 0.672 bits per heavy atom. The van der Waals surface area contributed by atoms with Crippen molar-refractivity contribution in [1.29, 1.82) is 0 Å². The molecule has 0 bridgehead atoms. The average molecular weight is 954 g/mol. The van der Waals surface area contributed by atoms with Crippen LogP contribution in [0.4, 0.5) is 28.4 Å². The molecule has 4 aliphatic rings. The van der Waals surface area contributed by atoms with E-state index < -0.39 is 0 Å². The minimum absolute atomic E-state index is 0. The Labute approximate surface area is 354 Å². The molecule has 0 atom stereocenters. The Morgan fingerprint density at radius 3 is 2.14 bits per heavy atom. The molecule has 0 saturated heterocycles. The number of para-hydroxylation sites is 3. The predicted molar refractivity (Wildman–Crippen MR) is 225 cm³/mol. The van der Waals surface area contributed by atoms with E-state index in [1.807, 2.05) is 66.6 Å². The first kappa shape index (κ1) is 35.0. The zero-order chi connectivity index (χ0) is 38.0. The van der Waals surface area contributed by atoms with E-state index in [0.29, 0.717) is 11.5 Å². The molecule has 0 saturated carbocycles. The second-order valence-corrected chi connectivity index (χ2v) is 16.5. The molecule has 0 N–H and O–H groups in total. The fourth-order valence-electron chi connectivity index (χ4n) is 8.15. The number of nitrogens with zero attached hydrogens (tertiary/aromatic N) is 5. The van der Waals surface area contributed by atoms with Crippen LogP contribution < -0.4 is 28.9 Å². The normalized spacial score (nSPS) is 14.3. The van der Waals surface area contributed by atoms with E-state index in [4.69, 9.17) is 19.2 Å². The van der Waals surface area contributed by atoms with Gasteiger partial charge in [-0.1, -0.05) is 68.4 Å². The Kier molecular flexibility index (Phi) is 7.81. The molecule has 6 heterocycles. The van der Waals surface area contributed by atoms with Crippen LogP contribution in [-0.2, 0) is 26.5 Å². The van der Waals surface area contributed by atoms with Crippen LogP contribution in [0.5, 0.6) is 34.5 Å². The van der Waals surface area contributed by atoms with Gasteiger partial charge in [0.25, 0.3) is 0 Å². The Morgan fingerprint density at radius 2 is 1.38 bits per heavy atom. The molecule has 286 valence electrons. The molecule has 0 aliphatic carbocycles. The molecule has 4 aliphatic heterocycles. The van der Waals surface area contributed by atoms with Gasteiger partial charge >= 0.3 is 0 Å².